The molecule has 0 aromatic heterocycles. The number of hydrogen-bond acceptors (Lipinski definition) is 6. The minimum Gasteiger partial charge on any atom is -0.369 e. The molecule has 2 amide bonds. The predicted molar refractivity (Wildman–Crippen MR) is 145 cm³/mol. The Morgan fingerprint density at radius 2 is 1.84 bits per heavy atom. The highest BCUT2D eigenvalue weighted by atomic mass is 16.5. The normalized spacial score (nSPS) is 25.4. The third-order valence-corrected chi connectivity index (χ3v) is 8.17. The number of piperazine rings is 1. The molecule has 4 atom stereocenters. The summed E-state index contributed by atoms with van der Waals surface area (Å²) in [6.07, 6.45) is 2.28. The zero-order chi connectivity index (χ0) is 26.9. The van der Waals surface area contributed by atoms with Crippen LogP contribution in [-0.4, -0.2) is 85.4 Å². The average molecular weight is 513 g/mol. The molecule has 4 rings (SSSR count). The maximum Gasteiger partial charge on any atom is 0.249 e. The second-order valence-corrected chi connectivity index (χ2v) is 12.1. The molecule has 8 nitrogen and oxygen atoms in total. The van der Waals surface area contributed by atoms with Crippen molar-refractivity contribution in [3.8, 4) is 0 Å². The molecule has 0 aliphatic carbocycles. The maximum absolute atomic E-state index is 14.3. The van der Waals surface area contributed by atoms with Gasteiger partial charge >= 0.3 is 0 Å². The summed E-state index contributed by atoms with van der Waals surface area (Å²) in [6, 6.07) is 5.19. The molecule has 37 heavy (non-hydrogen) atoms. The van der Waals surface area contributed by atoms with Crippen LogP contribution < -0.4 is 10.6 Å². The van der Waals surface area contributed by atoms with Crippen molar-refractivity contribution >= 4 is 23.3 Å². The first-order valence-corrected chi connectivity index (χ1v) is 13.9. The number of ketones is 1. The number of amides is 2. The van der Waals surface area contributed by atoms with Crippen molar-refractivity contribution in [3.05, 3.63) is 29.3 Å². The molecule has 1 aromatic carbocycles. The van der Waals surface area contributed by atoms with Gasteiger partial charge in [0.25, 0.3) is 0 Å². The lowest BCUT2D eigenvalue weighted by atomic mass is 9.79. The van der Waals surface area contributed by atoms with Crippen LogP contribution in [0.25, 0.3) is 0 Å². The number of Topliss-reactive ketones (excluding diaryl/α,β-unsaturated/α-hetero) is 1. The van der Waals surface area contributed by atoms with Gasteiger partial charge in [0.1, 0.15) is 12.6 Å². The highest BCUT2D eigenvalue weighted by Gasteiger charge is 2.52. The van der Waals surface area contributed by atoms with E-state index in [1.165, 1.54) is 0 Å². The van der Waals surface area contributed by atoms with Crippen LogP contribution in [0.3, 0.4) is 0 Å². The Kier molecular flexibility index (Phi) is 8.29. The van der Waals surface area contributed by atoms with Gasteiger partial charge in [-0.25, -0.2) is 0 Å². The van der Waals surface area contributed by atoms with Crippen LogP contribution in [0, 0.1) is 11.3 Å². The third-order valence-electron chi connectivity index (χ3n) is 8.17. The van der Waals surface area contributed by atoms with Gasteiger partial charge in [-0.3, -0.25) is 19.3 Å². The highest BCUT2D eigenvalue weighted by Crippen LogP contribution is 2.40. The SMILES string of the molecule is CCCN1CCN(c2ccc(C(N)=O)c([C@H](CC(C)(C)C)C(=O)N3C[C@@H](CC)[C@H]4OCC(=O)[C@H]43)c2)CC1. The quantitative estimate of drug-likeness (QED) is 0.575. The number of hydrogen-bond donors (Lipinski definition) is 1. The van der Waals surface area contributed by atoms with E-state index in [4.69, 9.17) is 10.5 Å². The molecule has 3 heterocycles. The van der Waals surface area contributed by atoms with E-state index in [1.54, 1.807) is 11.0 Å². The van der Waals surface area contributed by atoms with E-state index < -0.39 is 17.9 Å². The Bertz CT molecular complexity index is 1010. The maximum atomic E-state index is 14.3. The van der Waals surface area contributed by atoms with Crippen LogP contribution in [-0.2, 0) is 14.3 Å². The first-order valence-electron chi connectivity index (χ1n) is 13.9. The van der Waals surface area contributed by atoms with Gasteiger partial charge < -0.3 is 20.3 Å². The Hall–Kier alpha value is -2.45. The molecule has 1 aromatic rings. The first-order chi connectivity index (χ1) is 17.5. The van der Waals surface area contributed by atoms with E-state index in [1.807, 2.05) is 12.1 Å². The summed E-state index contributed by atoms with van der Waals surface area (Å²) in [5.74, 6) is -1.11. The summed E-state index contributed by atoms with van der Waals surface area (Å²) >= 11 is 0. The van der Waals surface area contributed by atoms with E-state index in [2.05, 4.69) is 44.4 Å². The summed E-state index contributed by atoms with van der Waals surface area (Å²) in [7, 11) is 0. The number of anilines is 1. The zero-order valence-electron chi connectivity index (χ0n) is 23.2. The van der Waals surface area contributed by atoms with Crippen molar-refractivity contribution in [1.29, 1.82) is 0 Å². The smallest absolute Gasteiger partial charge is 0.249 e. The van der Waals surface area contributed by atoms with Crippen LogP contribution in [0.4, 0.5) is 5.69 Å². The number of carbonyl (C=O) groups is 3. The van der Waals surface area contributed by atoms with Gasteiger partial charge in [0.05, 0.1) is 12.0 Å². The van der Waals surface area contributed by atoms with Gasteiger partial charge in [-0.05, 0) is 55.0 Å². The molecule has 3 fully saturated rings. The summed E-state index contributed by atoms with van der Waals surface area (Å²) < 4.78 is 5.82. The van der Waals surface area contributed by atoms with Gasteiger partial charge in [0.2, 0.25) is 11.8 Å². The third kappa shape index (κ3) is 5.85. The van der Waals surface area contributed by atoms with Crippen molar-refractivity contribution in [1.82, 2.24) is 9.80 Å². The molecule has 0 saturated carbocycles. The molecular formula is C29H44N4O4. The van der Waals surface area contributed by atoms with Crippen molar-refractivity contribution in [2.45, 2.75) is 71.9 Å². The molecule has 0 radical (unpaired) electrons. The fourth-order valence-electron chi connectivity index (χ4n) is 6.29. The number of fused-ring (bicyclic) bond motifs is 1. The number of nitrogens with zero attached hydrogens (tertiary/aromatic N) is 3. The fourth-order valence-corrected chi connectivity index (χ4v) is 6.29. The van der Waals surface area contributed by atoms with Gasteiger partial charge in [0, 0.05) is 49.9 Å². The number of rotatable bonds is 8. The molecule has 2 N–H and O–H groups in total. The number of ether oxygens (including phenoxy) is 1. The van der Waals surface area contributed by atoms with Gasteiger partial charge in [-0.2, -0.15) is 0 Å². The molecule has 0 bridgehead atoms. The van der Waals surface area contributed by atoms with Crippen molar-refractivity contribution in [2.75, 3.05) is 50.8 Å². The lowest BCUT2D eigenvalue weighted by Gasteiger charge is -2.37. The van der Waals surface area contributed by atoms with Crippen molar-refractivity contribution < 1.29 is 19.1 Å². The van der Waals surface area contributed by atoms with Gasteiger partial charge in [0.15, 0.2) is 5.78 Å². The molecular weight excluding hydrogens is 468 g/mol. The molecule has 0 unspecified atom stereocenters. The van der Waals surface area contributed by atoms with Crippen LogP contribution in [0.1, 0.15) is 75.7 Å². The first kappa shape index (κ1) is 27.6. The average Bonchev–Trinajstić information content (AvgIpc) is 3.42. The van der Waals surface area contributed by atoms with E-state index in [9.17, 15) is 14.4 Å². The van der Waals surface area contributed by atoms with E-state index in [0.29, 0.717) is 24.1 Å². The number of benzene rings is 1. The van der Waals surface area contributed by atoms with E-state index in [0.717, 1.165) is 51.3 Å². The number of nitrogens with two attached hydrogens (primary N) is 1. The number of likely N-dealkylation sites (tertiary alicyclic amines) is 1. The molecule has 3 saturated heterocycles. The lowest BCUT2D eigenvalue weighted by Crippen LogP contribution is -2.46. The van der Waals surface area contributed by atoms with Crippen LogP contribution in [0.15, 0.2) is 18.2 Å². The Labute approximate surface area is 221 Å². The lowest BCUT2D eigenvalue weighted by molar-refractivity contribution is -0.138. The number of carbonyl (C=O) groups excluding carboxylic acids is 3. The Balaban J connectivity index is 1.70. The second kappa shape index (κ2) is 11.1. The van der Waals surface area contributed by atoms with Crippen LogP contribution in [0.5, 0.6) is 0 Å². The summed E-state index contributed by atoms with van der Waals surface area (Å²) in [4.78, 5) is 46.2. The van der Waals surface area contributed by atoms with Crippen molar-refractivity contribution in [3.63, 3.8) is 0 Å². The molecule has 204 valence electrons. The topological polar surface area (TPSA) is 96.2 Å². The second-order valence-electron chi connectivity index (χ2n) is 12.1. The van der Waals surface area contributed by atoms with Crippen LogP contribution >= 0.6 is 0 Å². The summed E-state index contributed by atoms with van der Waals surface area (Å²) in [6.45, 7) is 16.0. The number of primary amides is 1. The highest BCUT2D eigenvalue weighted by molar-refractivity contribution is 5.99. The zero-order valence-corrected chi connectivity index (χ0v) is 23.2. The minimum absolute atomic E-state index is 0.0300. The Morgan fingerprint density at radius 3 is 2.43 bits per heavy atom. The Morgan fingerprint density at radius 1 is 1.14 bits per heavy atom. The van der Waals surface area contributed by atoms with E-state index >= 15 is 0 Å². The molecule has 8 heteroatoms. The van der Waals surface area contributed by atoms with E-state index in [-0.39, 0.29) is 35.7 Å². The molecule has 3 aliphatic rings. The van der Waals surface area contributed by atoms with Crippen LogP contribution in [0.2, 0.25) is 0 Å². The fraction of sp³-hybridized carbons (Fsp3) is 0.690. The molecule has 3 aliphatic heterocycles. The van der Waals surface area contributed by atoms with Gasteiger partial charge in [-0.15, -0.1) is 0 Å². The predicted octanol–water partition coefficient (Wildman–Crippen LogP) is 3.04. The monoisotopic (exact) mass is 512 g/mol. The minimum atomic E-state index is -0.575. The standard InChI is InChI=1S/C29H44N4O4/c1-6-10-31-11-13-32(14-12-31)20-8-9-21(27(30)35)22(15-20)23(16-29(3,4)5)28(36)33-17-19(7-2)26-25(33)24(34)18-37-26/h8-9,15,19,23,25-26H,6-7,10-14,16-18H2,1-5H3,(H2,30,35)/t19-,23+,25-,26-/m1/s1. The molecule has 0 spiro atoms. The largest absolute Gasteiger partial charge is 0.369 e. The summed E-state index contributed by atoms with van der Waals surface area (Å²) in [5.41, 5.74) is 7.72. The summed E-state index contributed by atoms with van der Waals surface area (Å²) in [5, 5.41) is 0. The van der Waals surface area contributed by atoms with Crippen molar-refractivity contribution in [2.24, 2.45) is 17.1 Å². The van der Waals surface area contributed by atoms with Gasteiger partial charge in [-0.1, -0.05) is 34.6 Å².